The minimum absolute atomic E-state index is 0.230. The first-order chi connectivity index (χ1) is 6.96. The zero-order valence-electron chi connectivity index (χ0n) is 9.19. The maximum atomic E-state index is 11.1. The van der Waals surface area contributed by atoms with Crippen molar-refractivity contribution < 1.29 is 15.0 Å². The van der Waals surface area contributed by atoms with Crippen LogP contribution in [0.5, 0.6) is 0 Å². The second-order valence-corrected chi connectivity index (χ2v) is 4.76. The Labute approximate surface area is 94.4 Å². The quantitative estimate of drug-likeness (QED) is 0.402. The van der Waals surface area contributed by atoms with Gasteiger partial charge in [-0.2, -0.15) is 11.8 Å². The van der Waals surface area contributed by atoms with E-state index in [9.17, 15) is 4.79 Å². The number of carbonyl (C=O) groups excluding carboxylic acids is 1. The number of carbonyl (C=O) groups is 1. The van der Waals surface area contributed by atoms with Gasteiger partial charge in [-0.15, -0.1) is 0 Å². The van der Waals surface area contributed by atoms with E-state index in [1.165, 1.54) is 11.8 Å². The molecule has 0 radical (unpaired) electrons. The molecule has 0 spiro atoms. The normalized spacial score (nSPS) is 17.1. The molecule has 0 fully saturated rings. The van der Waals surface area contributed by atoms with Crippen molar-refractivity contribution in [3.63, 3.8) is 0 Å². The van der Waals surface area contributed by atoms with Gasteiger partial charge in [-0.3, -0.25) is 4.79 Å². The fraction of sp³-hybridized carbons (Fsp3) is 0.889. The van der Waals surface area contributed by atoms with Crippen LogP contribution in [-0.4, -0.2) is 52.9 Å². The number of hydrogen-bond donors (Lipinski definition) is 4. The predicted octanol–water partition coefficient (Wildman–Crippen LogP) is -1.07. The Kier molecular flexibility index (Phi) is 6.91. The highest BCUT2D eigenvalue weighted by Gasteiger charge is 2.28. The number of nitrogens with two attached hydrogens (primary N) is 1. The molecule has 2 atom stereocenters. The number of hydrogen-bond acceptors (Lipinski definition) is 5. The maximum Gasteiger partial charge on any atom is 0.237 e. The summed E-state index contributed by atoms with van der Waals surface area (Å²) in [5.74, 6) is 0.792. The van der Waals surface area contributed by atoms with Crippen LogP contribution in [0.4, 0.5) is 0 Å². The number of amides is 1. The maximum absolute atomic E-state index is 11.1. The molecule has 90 valence electrons. The van der Waals surface area contributed by atoms with Crippen molar-refractivity contribution in [2.45, 2.75) is 25.0 Å². The highest BCUT2D eigenvalue weighted by atomic mass is 32.2. The van der Waals surface area contributed by atoms with E-state index in [-0.39, 0.29) is 12.5 Å². The van der Waals surface area contributed by atoms with Gasteiger partial charge >= 0.3 is 0 Å². The van der Waals surface area contributed by atoms with Gasteiger partial charge in [0.15, 0.2) is 0 Å². The van der Waals surface area contributed by atoms with Gasteiger partial charge in [0.1, 0.15) is 0 Å². The van der Waals surface area contributed by atoms with Crippen molar-refractivity contribution in [3.8, 4) is 0 Å². The van der Waals surface area contributed by atoms with Gasteiger partial charge in [0.2, 0.25) is 5.91 Å². The molecule has 0 bridgehead atoms. The molecule has 2 unspecified atom stereocenters. The third-order valence-electron chi connectivity index (χ3n) is 2.36. The molecular formula is C9H20N2O3S. The number of primary amides is 1. The predicted molar refractivity (Wildman–Crippen MR) is 61.7 cm³/mol. The highest BCUT2D eigenvalue weighted by molar-refractivity contribution is 7.99. The Bertz CT molecular complexity index is 204. The number of thioether (sulfide) groups is 1. The third kappa shape index (κ3) is 5.36. The lowest BCUT2D eigenvalue weighted by Gasteiger charge is -2.25. The van der Waals surface area contributed by atoms with Crippen molar-refractivity contribution in [3.05, 3.63) is 0 Å². The monoisotopic (exact) mass is 236 g/mol. The topological polar surface area (TPSA) is 95.6 Å². The van der Waals surface area contributed by atoms with E-state index in [1.54, 1.807) is 14.0 Å². The van der Waals surface area contributed by atoms with Gasteiger partial charge < -0.3 is 21.3 Å². The van der Waals surface area contributed by atoms with Crippen molar-refractivity contribution in [2.24, 2.45) is 5.73 Å². The first-order valence-electron chi connectivity index (χ1n) is 4.81. The van der Waals surface area contributed by atoms with Crippen LogP contribution in [-0.2, 0) is 4.79 Å². The SMILES string of the molecule is CNC(C)(CCSCC(O)CO)C(N)=O. The van der Waals surface area contributed by atoms with E-state index in [1.807, 2.05) is 0 Å². The molecule has 0 rings (SSSR count). The van der Waals surface area contributed by atoms with Gasteiger partial charge in [-0.1, -0.05) is 0 Å². The van der Waals surface area contributed by atoms with E-state index in [4.69, 9.17) is 15.9 Å². The van der Waals surface area contributed by atoms with Crippen LogP contribution in [0.15, 0.2) is 0 Å². The summed E-state index contributed by atoms with van der Waals surface area (Å²) in [5, 5.41) is 20.5. The Hall–Kier alpha value is -0.300. The molecular weight excluding hydrogens is 216 g/mol. The first kappa shape index (κ1) is 14.7. The first-order valence-corrected chi connectivity index (χ1v) is 5.97. The Morgan fingerprint density at radius 2 is 2.27 bits per heavy atom. The average Bonchev–Trinajstić information content (AvgIpc) is 2.23. The minimum Gasteiger partial charge on any atom is -0.394 e. The lowest BCUT2D eigenvalue weighted by atomic mass is 9.99. The largest absolute Gasteiger partial charge is 0.394 e. The highest BCUT2D eigenvalue weighted by Crippen LogP contribution is 2.14. The molecule has 5 nitrogen and oxygen atoms in total. The summed E-state index contributed by atoms with van der Waals surface area (Å²) in [6, 6.07) is 0. The summed E-state index contributed by atoms with van der Waals surface area (Å²) in [6.07, 6.45) is -0.0915. The van der Waals surface area contributed by atoms with Gasteiger partial charge in [0.05, 0.1) is 18.2 Å². The average molecular weight is 236 g/mol. The molecule has 0 heterocycles. The molecule has 0 saturated heterocycles. The van der Waals surface area contributed by atoms with E-state index >= 15 is 0 Å². The van der Waals surface area contributed by atoms with Gasteiger partial charge in [-0.05, 0) is 26.1 Å². The Morgan fingerprint density at radius 3 is 2.67 bits per heavy atom. The summed E-state index contributed by atoms with van der Waals surface area (Å²) in [5.41, 5.74) is 4.55. The molecule has 0 aliphatic heterocycles. The van der Waals surface area contributed by atoms with E-state index in [2.05, 4.69) is 5.32 Å². The molecule has 0 saturated carbocycles. The Morgan fingerprint density at radius 1 is 1.67 bits per heavy atom. The molecule has 0 aromatic carbocycles. The molecule has 0 aliphatic carbocycles. The van der Waals surface area contributed by atoms with E-state index in [0.29, 0.717) is 17.9 Å². The molecule has 1 amide bonds. The second kappa shape index (κ2) is 7.05. The number of nitrogens with one attached hydrogen (secondary N) is 1. The fourth-order valence-electron chi connectivity index (χ4n) is 0.920. The number of rotatable bonds is 8. The van der Waals surface area contributed by atoms with E-state index < -0.39 is 11.6 Å². The van der Waals surface area contributed by atoms with Crippen LogP contribution in [0, 0.1) is 0 Å². The summed E-state index contributed by atoms with van der Waals surface area (Å²) in [7, 11) is 1.69. The zero-order chi connectivity index (χ0) is 11.9. The second-order valence-electron chi connectivity index (χ2n) is 3.61. The molecule has 0 aromatic heterocycles. The zero-order valence-corrected chi connectivity index (χ0v) is 10.0. The summed E-state index contributed by atoms with van der Waals surface area (Å²) >= 11 is 1.49. The smallest absolute Gasteiger partial charge is 0.237 e. The van der Waals surface area contributed by atoms with Crippen LogP contribution >= 0.6 is 11.8 Å². The Balaban J connectivity index is 3.78. The lowest BCUT2D eigenvalue weighted by molar-refractivity contribution is -0.123. The van der Waals surface area contributed by atoms with Gasteiger partial charge in [0.25, 0.3) is 0 Å². The molecule has 0 aromatic rings. The summed E-state index contributed by atoms with van der Waals surface area (Å²) in [4.78, 5) is 11.1. The van der Waals surface area contributed by atoms with Gasteiger partial charge in [0, 0.05) is 5.75 Å². The third-order valence-corrected chi connectivity index (χ3v) is 3.48. The summed E-state index contributed by atoms with van der Waals surface area (Å²) in [6.45, 7) is 1.52. The molecule has 0 aliphatic rings. The number of aliphatic hydroxyl groups excluding tert-OH is 2. The molecule has 6 heteroatoms. The number of aliphatic hydroxyl groups is 2. The summed E-state index contributed by atoms with van der Waals surface area (Å²) < 4.78 is 0. The van der Waals surface area contributed by atoms with Crippen LogP contribution in [0.2, 0.25) is 0 Å². The number of likely N-dealkylation sites (N-methyl/N-ethyl adjacent to an activating group) is 1. The van der Waals surface area contributed by atoms with Crippen LogP contribution in [0.25, 0.3) is 0 Å². The van der Waals surface area contributed by atoms with Crippen molar-refractivity contribution in [1.82, 2.24) is 5.32 Å². The van der Waals surface area contributed by atoms with E-state index in [0.717, 1.165) is 0 Å². The van der Waals surface area contributed by atoms with Gasteiger partial charge in [-0.25, -0.2) is 0 Å². The van der Waals surface area contributed by atoms with Crippen LogP contribution < -0.4 is 11.1 Å². The standard InChI is InChI=1S/C9H20N2O3S/c1-9(11-2,8(10)14)3-4-15-6-7(13)5-12/h7,11-13H,3-6H2,1-2H3,(H2,10,14). The van der Waals surface area contributed by atoms with Crippen molar-refractivity contribution >= 4 is 17.7 Å². The van der Waals surface area contributed by atoms with Crippen LogP contribution in [0.3, 0.4) is 0 Å². The molecule has 5 N–H and O–H groups in total. The van der Waals surface area contributed by atoms with Crippen molar-refractivity contribution in [2.75, 3.05) is 25.2 Å². The van der Waals surface area contributed by atoms with Crippen LogP contribution in [0.1, 0.15) is 13.3 Å². The van der Waals surface area contributed by atoms with Crippen molar-refractivity contribution in [1.29, 1.82) is 0 Å². The minimum atomic E-state index is -0.697. The fourth-order valence-corrected chi connectivity index (χ4v) is 2.02. The molecule has 15 heavy (non-hydrogen) atoms. The lowest BCUT2D eigenvalue weighted by Crippen LogP contribution is -2.51.